The van der Waals surface area contributed by atoms with Crippen molar-refractivity contribution in [2.24, 2.45) is 7.05 Å². The van der Waals surface area contributed by atoms with Crippen LogP contribution in [-0.4, -0.2) is 35.2 Å². The third-order valence-electron chi connectivity index (χ3n) is 4.90. The summed E-state index contributed by atoms with van der Waals surface area (Å²) >= 11 is 0. The summed E-state index contributed by atoms with van der Waals surface area (Å²) < 4.78 is 30.7. The van der Waals surface area contributed by atoms with Gasteiger partial charge in [0.2, 0.25) is 0 Å². The number of nitrogens with zero attached hydrogens (tertiary/aromatic N) is 3. The third-order valence-corrected chi connectivity index (χ3v) is 6.18. The number of sulfonamides is 1. The number of nitrogens with one attached hydrogen (secondary N) is 2. The van der Waals surface area contributed by atoms with E-state index in [0.717, 1.165) is 35.5 Å². The summed E-state index contributed by atoms with van der Waals surface area (Å²) in [5.41, 5.74) is 4.17. The van der Waals surface area contributed by atoms with Crippen molar-refractivity contribution < 1.29 is 13.2 Å². The molecule has 1 aliphatic rings. The van der Waals surface area contributed by atoms with Crippen molar-refractivity contribution in [2.45, 2.75) is 24.8 Å². The summed E-state index contributed by atoms with van der Waals surface area (Å²) in [7, 11) is -2.26. The second-order valence-electron chi connectivity index (χ2n) is 6.88. The zero-order chi connectivity index (χ0) is 19.9. The second-order valence-corrected chi connectivity index (χ2v) is 8.56. The normalized spacial score (nSPS) is 13.9. The van der Waals surface area contributed by atoms with E-state index in [4.69, 9.17) is 0 Å². The minimum absolute atomic E-state index is 0.0667. The fourth-order valence-corrected chi connectivity index (χ4v) is 4.32. The van der Waals surface area contributed by atoms with Crippen molar-refractivity contribution in [1.29, 1.82) is 0 Å². The first kappa shape index (κ1) is 18.5. The van der Waals surface area contributed by atoms with Crippen LogP contribution in [0.5, 0.6) is 0 Å². The Labute approximate surface area is 163 Å². The highest BCUT2D eigenvalue weighted by atomic mass is 32.2. The molecule has 0 unspecified atom stereocenters. The average Bonchev–Trinajstić information content (AvgIpc) is 3.28. The summed E-state index contributed by atoms with van der Waals surface area (Å²) in [6.45, 7) is 3.45. The van der Waals surface area contributed by atoms with E-state index >= 15 is 0 Å². The number of aromatic nitrogens is 3. The van der Waals surface area contributed by atoms with Crippen LogP contribution in [0.1, 0.15) is 27.3 Å². The van der Waals surface area contributed by atoms with Gasteiger partial charge in [-0.15, -0.1) is 0 Å². The van der Waals surface area contributed by atoms with E-state index < -0.39 is 15.9 Å². The Bertz CT molecular complexity index is 1160. The number of carbonyl (C=O) groups is 1. The molecule has 9 heteroatoms. The standard InChI is InChI=1S/C19H21N5O3S/c1-13-4-3-5-15(8-13)24-12-16(11-21-24)28(26,27)22-19(25)18-9-14-10-20-7-6-17(14)23(18)2/h3-5,8-9,11-12,20H,6-7,10H2,1-2H3,(H,22,25). The minimum Gasteiger partial charge on any atom is -0.343 e. The van der Waals surface area contributed by atoms with E-state index in [9.17, 15) is 13.2 Å². The number of hydrogen-bond donors (Lipinski definition) is 2. The van der Waals surface area contributed by atoms with Crippen LogP contribution in [0.15, 0.2) is 47.6 Å². The molecule has 0 saturated carbocycles. The van der Waals surface area contributed by atoms with Gasteiger partial charge in [-0.3, -0.25) is 4.79 Å². The van der Waals surface area contributed by atoms with Crippen molar-refractivity contribution >= 4 is 15.9 Å². The smallest absolute Gasteiger partial charge is 0.281 e. The lowest BCUT2D eigenvalue weighted by Crippen LogP contribution is -2.32. The maximum absolute atomic E-state index is 12.7. The number of amides is 1. The van der Waals surface area contributed by atoms with Gasteiger partial charge in [-0.25, -0.2) is 17.8 Å². The molecule has 0 fully saturated rings. The van der Waals surface area contributed by atoms with Crippen molar-refractivity contribution in [3.63, 3.8) is 0 Å². The van der Waals surface area contributed by atoms with Gasteiger partial charge in [0.15, 0.2) is 0 Å². The lowest BCUT2D eigenvalue weighted by molar-refractivity contribution is 0.0973. The first-order chi connectivity index (χ1) is 13.3. The van der Waals surface area contributed by atoms with Crippen LogP contribution in [0.2, 0.25) is 0 Å². The Morgan fingerprint density at radius 3 is 2.86 bits per heavy atom. The van der Waals surface area contributed by atoms with E-state index in [1.54, 1.807) is 17.7 Å². The Hall–Kier alpha value is -2.91. The highest BCUT2D eigenvalue weighted by molar-refractivity contribution is 7.90. The molecule has 0 saturated heterocycles. The van der Waals surface area contributed by atoms with E-state index in [1.807, 2.05) is 31.2 Å². The van der Waals surface area contributed by atoms with E-state index in [2.05, 4.69) is 15.1 Å². The van der Waals surface area contributed by atoms with E-state index in [1.165, 1.54) is 17.1 Å². The molecule has 0 radical (unpaired) electrons. The average molecular weight is 399 g/mol. The van der Waals surface area contributed by atoms with Crippen LogP contribution in [0, 0.1) is 6.92 Å². The number of rotatable bonds is 4. The molecule has 2 N–H and O–H groups in total. The maximum atomic E-state index is 12.7. The largest absolute Gasteiger partial charge is 0.343 e. The summed E-state index contributed by atoms with van der Waals surface area (Å²) in [4.78, 5) is 12.6. The number of hydrogen-bond acceptors (Lipinski definition) is 5. The van der Waals surface area contributed by atoms with Gasteiger partial charge in [-0.05, 0) is 36.2 Å². The van der Waals surface area contributed by atoms with Gasteiger partial charge in [0, 0.05) is 32.3 Å². The van der Waals surface area contributed by atoms with Gasteiger partial charge in [0.25, 0.3) is 15.9 Å². The predicted octanol–water partition coefficient (Wildman–Crippen LogP) is 1.28. The predicted molar refractivity (Wildman–Crippen MR) is 104 cm³/mol. The van der Waals surface area contributed by atoms with E-state index in [0.29, 0.717) is 12.2 Å². The van der Waals surface area contributed by atoms with Crippen LogP contribution >= 0.6 is 0 Å². The van der Waals surface area contributed by atoms with Crippen molar-refractivity contribution in [3.05, 3.63) is 65.2 Å². The van der Waals surface area contributed by atoms with Gasteiger partial charge in [-0.2, -0.15) is 5.10 Å². The molecule has 3 aromatic rings. The lowest BCUT2D eigenvalue weighted by Gasteiger charge is -2.14. The minimum atomic E-state index is -4.03. The van der Waals surface area contributed by atoms with Crippen LogP contribution in [0.4, 0.5) is 0 Å². The summed E-state index contributed by atoms with van der Waals surface area (Å²) in [6.07, 6.45) is 3.43. The Morgan fingerprint density at radius 1 is 1.29 bits per heavy atom. The molecule has 1 aromatic carbocycles. The van der Waals surface area contributed by atoms with Crippen molar-refractivity contribution in [2.75, 3.05) is 6.54 Å². The fraction of sp³-hybridized carbons (Fsp3) is 0.263. The molecule has 146 valence electrons. The number of aryl methyl sites for hydroxylation is 1. The maximum Gasteiger partial charge on any atom is 0.281 e. The molecule has 0 aliphatic carbocycles. The Kier molecular flexibility index (Phi) is 4.56. The van der Waals surface area contributed by atoms with E-state index in [-0.39, 0.29) is 4.90 Å². The lowest BCUT2D eigenvalue weighted by atomic mass is 10.1. The van der Waals surface area contributed by atoms with Gasteiger partial charge < -0.3 is 9.88 Å². The first-order valence-electron chi connectivity index (χ1n) is 8.92. The van der Waals surface area contributed by atoms with Crippen LogP contribution in [0.25, 0.3) is 5.69 Å². The van der Waals surface area contributed by atoms with Crippen molar-refractivity contribution in [1.82, 2.24) is 24.4 Å². The molecule has 0 bridgehead atoms. The molecule has 4 rings (SSSR count). The molecule has 2 aromatic heterocycles. The number of fused-ring (bicyclic) bond motifs is 1. The second kappa shape index (κ2) is 6.92. The topological polar surface area (TPSA) is 98.0 Å². The van der Waals surface area contributed by atoms with Crippen LogP contribution in [0.3, 0.4) is 0 Å². The fourth-order valence-electron chi connectivity index (χ4n) is 3.42. The van der Waals surface area contributed by atoms with Crippen LogP contribution in [-0.2, 0) is 30.0 Å². The quantitative estimate of drug-likeness (QED) is 0.689. The highest BCUT2D eigenvalue weighted by Crippen LogP contribution is 2.19. The van der Waals surface area contributed by atoms with Crippen LogP contribution < -0.4 is 10.0 Å². The third kappa shape index (κ3) is 3.34. The summed E-state index contributed by atoms with van der Waals surface area (Å²) in [5, 5.41) is 7.36. The molecular formula is C19H21N5O3S. The molecule has 3 heterocycles. The molecule has 1 aliphatic heterocycles. The van der Waals surface area contributed by atoms with Gasteiger partial charge in [0.1, 0.15) is 10.6 Å². The molecule has 1 amide bonds. The highest BCUT2D eigenvalue weighted by Gasteiger charge is 2.25. The molecule has 8 nitrogen and oxygen atoms in total. The Morgan fingerprint density at radius 2 is 2.11 bits per heavy atom. The summed E-state index contributed by atoms with van der Waals surface area (Å²) in [5.74, 6) is -0.653. The van der Waals surface area contributed by atoms with Gasteiger partial charge in [0.05, 0.1) is 18.1 Å². The molecular weight excluding hydrogens is 378 g/mol. The summed E-state index contributed by atoms with van der Waals surface area (Å²) in [6, 6.07) is 9.28. The molecule has 0 atom stereocenters. The first-order valence-corrected chi connectivity index (χ1v) is 10.4. The zero-order valence-electron chi connectivity index (χ0n) is 15.6. The number of benzene rings is 1. The Balaban J connectivity index is 1.58. The number of carbonyl (C=O) groups excluding carboxylic acids is 1. The molecule has 28 heavy (non-hydrogen) atoms. The monoisotopic (exact) mass is 399 g/mol. The zero-order valence-corrected chi connectivity index (χ0v) is 16.5. The van der Waals surface area contributed by atoms with Crippen molar-refractivity contribution in [3.8, 4) is 5.69 Å². The molecule has 0 spiro atoms. The SMILES string of the molecule is Cc1cccc(-n2cc(S(=O)(=O)NC(=O)c3cc4c(n3C)CCNC4)cn2)c1. The van der Waals surface area contributed by atoms with Gasteiger partial charge >= 0.3 is 0 Å². The van der Waals surface area contributed by atoms with Gasteiger partial charge in [-0.1, -0.05) is 12.1 Å².